The zero-order chi connectivity index (χ0) is 13.9. The van der Waals surface area contributed by atoms with Gasteiger partial charge in [-0.2, -0.15) is 0 Å². The van der Waals surface area contributed by atoms with Crippen LogP contribution in [0.1, 0.15) is 31.5 Å². The molecule has 19 heavy (non-hydrogen) atoms. The van der Waals surface area contributed by atoms with Crippen molar-refractivity contribution in [3.63, 3.8) is 0 Å². The minimum Gasteiger partial charge on any atom is -0.384 e. The molecule has 0 aliphatic heterocycles. The Morgan fingerprint density at radius 3 is 2.74 bits per heavy atom. The highest BCUT2D eigenvalue weighted by Gasteiger charge is 2.18. The summed E-state index contributed by atoms with van der Waals surface area (Å²) >= 11 is 1.77. The lowest BCUT2D eigenvalue weighted by Gasteiger charge is -2.18. The molecule has 0 aliphatic rings. The van der Waals surface area contributed by atoms with Gasteiger partial charge in [0.05, 0.1) is 0 Å². The van der Waals surface area contributed by atoms with Gasteiger partial charge in [0, 0.05) is 22.9 Å². The molecule has 2 aromatic rings. The number of nitrogens with two attached hydrogens (primary N) is 1. The van der Waals surface area contributed by atoms with Crippen LogP contribution in [-0.2, 0) is 11.8 Å². The Balaban J connectivity index is 2.02. The second kappa shape index (κ2) is 5.57. The second-order valence-electron chi connectivity index (χ2n) is 5.51. The number of thiophene rings is 1. The van der Waals surface area contributed by atoms with E-state index in [1.54, 1.807) is 17.4 Å². The Morgan fingerprint density at radius 1 is 1.32 bits per heavy atom. The van der Waals surface area contributed by atoms with Gasteiger partial charge in [-0.25, -0.2) is 9.97 Å². The number of hydrogen-bond donors (Lipinski definition) is 2. The molecule has 0 saturated heterocycles. The van der Waals surface area contributed by atoms with Crippen molar-refractivity contribution in [2.75, 3.05) is 17.6 Å². The van der Waals surface area contributed by atoms with Gasteiger partial charge >= 0.3 is 0 Å². The van der Waals surface area contributed by atoms with Crippen molar-refractivity contribution in [3.8, 4) is 0 Å². The molecule has 2 rings (SSSR count). The summed E-state index contributed by atoms with van der Waals surface area (Å²) < 4.78 is 0. The van der Waals surface area contributed by atoms with Crippen molar-refractivity contribution in [2.45, 2.75) is 32.6 Å². The zero-order valence-electron chi connectivity index (χ0n) is 11.6. The van der Waals surface area contributed by atoms with Gasteiger partial charge in [-0.05, 0) is 17.9 Å². The van der Waals surface area contributed by atoms with Crippen LogP contribution in [0.5, 0.6) is 0 Å². The Hall–Kier alpha value is -1.62. The van der Waals surface area contributed by atoms with Crippen molar-refractivity contribution in [3.05, 3.63) is 34.3 Å². The highest BCUT2D eigenvalue weighted by Crippen LogP contribution is 2.21. The van der Waals surface area contributed by atoms with Crippen LogP contribution in [0.4, 0.5) is 11.6 Å². The molecule has 0 saturated carbocycles. The molecule has 0 aromatic carbocycles. The van der Waals surface area contributed by atoms with Crippen molar-refractivity contribution < 1.29 is 0 Å². The Labute approximate surface area is 118 Å². The smallest absolute Gasteiger partial charge is 0.138 e. The molecule has 2 aromatic heterocycles. The Bertz CT molecular complexity index is 529. The fraction of sp³-hybridized carbons (Fsp3) is 0.429. The van der Waals surface area contributed by atoms with Crippen LogP contribution in [0.2, 0.25) is 0 Å². The summed E-state index contributed by atoms with van der Waals surface area (Å²) in [6.07, 6.45) is 0.992. The van der Waals surface area contributed by atoms with E-state index in [-0.39, 0.29) is 5.41 Å². The first-order chi connectivity index (χ1) is 8.95. The van der Waals surface area contributed by atoms with Crippen LogP contribution >= 0.6 is 11.3 Å². The largest absolute Gasteiger partial charge is 0.384 e. The minimum absolute atomic E-state index is 0.0977. The van der Waals surface area contributed by atoms with E-state index in [1.165, 1.54) is 4.88 Å². The van der Waals surface area contributed by atoms with E-state index in [0.717, 1.165) is 24.6 Å². The predicted octanol–water partition coefficient (Wildman–Crippen LogP) is 3.07. The molecule has 0 bridgehead atoms. The number of aromatic nitrogens is 2. The van der Waals surface area contributed by atoms with Crippen molar-refractivity contribution >= 4 is 23.0 Å². The molecule has 0 spiro atoms. The third kappa shape index (κ3) is 3.92. The maximum Gasteiger partial charge on any atom is 0.138 e. The summed E-state index contributed by atoms with van der Waals surface area (Å²) in [6.45, 7) is 7.09. The van der Waals surface area contributed by atoms with Gasteiger partial charge in [0.25, 0.3) is 0 Å². The lowest BCUT2D eigenvalue weighted by Crippen LogP contribution is -2.18. The summed E-state index contributed by atoms with van der Waals surface area (Å²) in [5.74, 6) is 2.08. The number of hydrogen-bond acceptors (Lipinski definition) is 5. The van der Waals surface area contributed by atoms with Crippen LogP contribution in [0.3, 0.4) is 0 Å². The topological polar surface area (TPSA) is 63.8 Å². The first kappa shape index (κ1) is 13.8. The van der Waals surface area contributed by atoms with E-state index in [2.05, 4.69) is 53.6 Å². The predicted molar refractivity (Wildman–Crippen MR) is 81.7 cm³/mol. The fourth-order valence-corrected chi connectivity index (χ4v) is 2.37. The quantitative estimate of drug-likeness (QED) is 0.900. The van der Waals surface area contributed by atoms with Crippen molar-refractivity contribution in [2.24, 2.45) is 0 Å². The molecule has 2 heterocycles. The summed E-state index contributed by atoms with van der Waals surface area (Å²) in [4.78, 5) is 10.2. The van der Waals surface area contributed by atoms with Crippen LogP contribution in [-0.4, -0.2) is 16.5 Å². The van der Waals surface area contributed by atoms with Gasteiger partial charge in [-0.15, -0.1) is 11.3 Å². The third-order valence-corrected chi connectivity index (χ3v) is 3.61. The van der Waals surface area contributed by atoms with E-state index >= 15 is 0 Å². The zero-order valence-corrected chi connectivity index (χ0v) is 12.4. The monoisotopic (exact) mass is 276 g/mol. The normalized spacial score (nSPS) is 11.5. The van der Waals surface area contributed by atoms with Gasteiger partial charge in [-0.3, -0.25) is 0 Å². The molecule has 0 amide bonds. The average molecular weight is 276 g/mol. The highest BCUT2D eigenvalue weighted by atomic mass is 32.1. The van der Waals surface area contributed by atoms with Crippen LogP contribution in [0.15, 0.2) is 23.6 Å². The summed E-state index contributed by atoms with van der Waals surface area (Å²) in [6, 6.07) is 5.99. The van der Waals surface area contributed by atoms with E-state index in [9.17, 15) is 0 Å². The van der Waals surface area contributed by atoms with Gasteiger partial charge in [-0.1, -0.05) is 26.8 Å². The molecule has 0 atom stereocenters. The summed E-state index contributed by atoms with van der Waals surface area (Å²) in [7, 11) is 0. The molecule has 102 valence electrons. The van der Waals surface area contributed by atoms with Gasteiger partial charge in [0.2, 0.25) is 0 Å². The number of nitrogen functional groups attached to an aromatic ring is 1. The lowest BCUT2D eigenvalue weighted by atomic mass is 9.96. The van der Waals surface area contributed by atoms with E-state index in [0.29, 0.717) is 5.82 Å². The van der Waals surface area contributed by atoms with E-state index in [1.807, 2.05) is 0 Å². The van der Waals surface area contributed by atoms with Crippen molar-refractivity contribution in [1.82, 2.24) is 9.97 Å². The first-order valence-electron chi connectivity index (χ1n) is 6.36. The molecule has 3 N–H and O–H groups in total. The molecular weight excluding hydrogens is 256 g/mol. The molecule has 4 nitrogen and oxygen atoms in total. The van der Waals surface area contributed by atoms with Crippen LogP contribution in [0.25, 0.3) is 0 Å². The average Bonchev–Trinajstić information content (AvgIpc) is 2.80. The SMILES string of the molecule is CC(C)(C)c1nc(N)cc(NCCc2cccs2)n1. The standard InChI is InChI=1S/C14H20N4S/c1-14(2,3)13-17-11(15)9-12(18-13)16-7-6-10-5-4-8-19-10/h4-5,8-9H,6-7H2,1-3H3,(H3,15,16,17,18). The fourth-order valence-electron chi connectivity index (χ4n) is 1.66. The Morgan fingerprint density at radius 2 is 2.11 bits per heavy atom. The molecule has 5 heteroatoms. The van der Waals surface area contributed by atoms with Crippen molar-refractivity contribution in [1.29, 1.82) is 0 Å². The first-order valence-corrected chi connectivity index (χ1v) is 7.24. The maximum atomic E-state index is 5.83. The molecule has 0 aliphatic carbocycles. The van der Waals surface area contributed by atoms with E-state index < -0.39 is 0 Å². The molecular formula is C14H20N4S. The molecule has 0 fully saturated rings. The van der Waals surface area contributed by atoms with E-state index in [4.69, 9.17) is 5.73 Å². The number of nitrogens with one attached hydrogen (secondary N) is 1. The maximum absolute atomic E-state index is 5.83. The number of anilines is 2. The number of rotatable bonds is 4. The molecule has 0 unspecified atom stereocenters. The van der Waals surface area contributed by atoms with Crippen LogP contribution < -0.4 is 11.1 Å². The molecule has 0 radical (unpaired) electrons. The second-order valence-corrected chi connectivity index (χ2v) is 6.54. The lowest BCUT2D eigenvalue weighted by molar-refractivity contribution is 0.547. The van der Waals surface area contributed by atoms with Gasteiger partial charge in [0.1, 0.15) is 17.5 Å². The van der Waals surface area contributed by atoms with Gasteiger partial charge < -0.3 is 11.1 Å². The summed E-state index contributed by atoms with van der Waals surface area (Å²) in [5.41, 5.74) is 5.74. The number of nitrogens with zero attached hydrogens (tertiary/aromatic N) is 2. The summed E-state index contributed by atoms with van der Waals surface area (Å²) in [5, 5.41) is 5.40. The van der Waals surface area contributed by atoms with Gasteiger partial charge in [0.15, 0.2) is 0 Å². The third-order valence-electron chi connectivity index (χ3n) is 2.67. The minimum atomic E-state index is -0.0977. The Kier molecular flexibility index (Phi) is 4.04. The highest BCUT2D eigenvalue weighted by molar-refractivity contribution is 7.09. The van der Waals surface area contributed by atoms with Crippen LogP contribution in [0, 0.1) is 0 Å².